The van der Waals surface area contributed by atoms with Gasteiger partial charge in [0.1, 0.15) is 5.75 Å². The van der Waals surface area contributed by atoms with Crippen LogP contribution in [0.5, 0.6) is 5.75 Å². The Hall–Kier alpha value is -3.71. The quantitative estimate of drug-likeness (QED) is 0.595. The van der Waals surface area contributed by atoms with Gasteiger partial charge in [0.05, 0.1) is 31.3 Å². The molecule has 3 aromatic rings. The van der Waals surface area contributed by atoms with Crippen LogP contribution in [0.2, 0.25) is 0 Å². The van der Waals surface area contributed by atoms with Gasteiger partial charge in [-0.05, 0) is 59.5 Å². The molecule has 180 valence electrons. The number of fused-ring (bicyclic) bond motifs is 1. The molecule has 2 aliphatic rings. The van der Waals surface area contributed by atoms with Crippen LogP contribution >= 0.6 is 0 Å². The zero-order valence-electron chi connectivity index (χ0n) is 19.9. The number of primary amides is 1. The minimum atomic E-state index is -0.295. The lowest BCUT2D eigenvalue weighted by molar-refractivity contribution is -0.135. The van der Waals surface area contributed by atoms with Crippen LogP contribution in [0.25, 0.3) is 10.8 Å². The lowest BCUT2D eigenvalue weighted by atomic mass is 9.96. The molecule has 2 aliphatic heterocycles. The van der Waals surface area contributed by atoms with Crippen molar-refractivity contribution in [1.82, 2.24) is 9.91 Å². The van der Waals surface area contributed by atoms with E-state index in [1.807, 2.05) is 41.3 Å². The van der Waals surface area contributed by atoms with Crippen LogP contribution in [0.3, 0.4) is 0 Å². The molecule has 5 rings (SSSR count). The summed E-state index contributed by atoms with van der Waals surface area (Å²) in [7, 11) is 1.64. The number of carbonyl (C=O) groups is 2. The molecule has 0 aliphatic carbocycles. The Morgan fingerprint density at radius 2 is 1.83 bits per heavy atom. The third kappa shape index (κ3) is 4.91. The average Bonchev–Trinajstić information content (AvgIpc) is 3.34. The number of piperidine rings is 1. The van der Waals surface area contributed by atoms with Crippen LogP contribution in [-0.4, -0.2) is 54.2 Å². The maximum absolute atomic E-state index is 13.5. The van der Waals surface area contributed by atoms with Crippen LogP contribution in [0.15, 0.2) is 71.8 Å². The fraction of sp³-hybridized carbons (Fsp3) is 0.321. The van der Waals surface area contributed by atoms with Gasteiger partial charge in [-0.3, -0.25) is 14.5 Å². The van der Waals surface area contributed by atoms with Gasteiger partial charge in [-0.25, -0.2) is 5.01 Å². The van der Waals surface area contributed by atoms with Crippen molar-refractivity contribution < 1.29 is 14.3 Å². The van der Waals surface area contributed by atoms with Crippen molar-refractivity contribution in [2.45, 2.75) is 25.3 Å². The van der Waals surface area contributed by atoms with Gasteiger partial charge in [-0.2, -0.15) is 5.10 Å². The van der Waals surface area contributed by atoms with E-state index in [0.717, 1.165) is 47.4 Å². The van der Waals surface area contributed by atoms with Crippen LogP contribution in [-0.2, 0) is 9.59 Å². The SMILES string of the molecule is COc1ccc([C@@H]2CC(c3ccc4ccccc4c3)=NN2C(=O)CN2CCC[C@@H](C(N)=O)C2)cc1. The summed E-state index contributed by atoms with van der Waals surface area (Å²) in [6.45, 7) is 1.51. The Bertz CT molecular complexity index is 1270. The zero-order chi connectivity index (χ0) is 24.4. The van der Waals surface area contributed by atoms with E-state index in [1.54, 1.807) is 12.1 Å². The molecule has 2 amide bonds. The summed E-state index contributed by atoms with van der Waals surface area (Å²) < 4.78 is 5.31. The zero-order valence-corrected chi connectivity index (χ0v) is 19.9. The average molecular weight is 471 g/mol. The van der Waals surface area contributed by atoms with Gasteiger partial charge in [0.15, 0.2) is 0 Å². The molecule has 0 spiro atoms. The van der Waals surface area contributed by atoms with Crippen molar-refractivity contribution in [2.24, 2.45) is 16.8 Å². The number of benzene rings is 3. The van der Waals surface area contributed by atoms with E-state index in [2.05, 4.69) is 30.3 Å². The number of nitrogens with zero attached hydrogens (tertiary/aromatic N) is 3. The number of likely N-dealkylation sites (tertiary alicyclic amines) is 1. The summed E-state index contributed by atoms with van der Waals surface area (Å²) in [6.07, 6.45) is 2.26. The van der Waals surface area contributed by atoms with Gasteiger partial charge in [0.2, 0.25) is 5.91 Å². The Morgan fingerprint density at radius 1 is 1.06 bits per heavy atom. The van der Waals surface area contributed by atoms with Crippen LogP contribution in [0, 0.1) is 5.92 Å². The van der Waals surface area contributed by atoms with Gasteiger partial charge in [0, 0.05) is 13.0 Å². The second-order valence-electron chi connectivity index (χ2n) is 9.32. The van der Waals surface area contributed by atoms with Crippen LogP contribution < -0.4 is 10.5 Å². The van der Waals surface area contributed by atoms with Crippen molar-refractivity contribution in [1.29, 1.82) is 0 Å². The first-order chi connectivity index (χ1) is 17.0. The van der Waals surface area contributed by atoms with Crippen molar-refractivity contribution in [3.63, 3.8) is 0 Å². The molecule has 7 nitrogen and oxygen atoms in total. The minimum Gasteiger partial charge on any atom is -0.497 e. The highest BCUT2D eigenvalue weighted by atomic mass is 16.5. The number of carbonyl (C=O) groups excluding carboxylic acids is 2. The second kappa shape index (κ2) is 9.88. The molecule has 2 atom stereocenters. The van der Waals surface area contributed by atoms with E-state index < -0.39 is 0 Å². The number of hydrazone groups is 1. The molecule has 7 heteroatoms. The number of hydrogen-bond donors (Lipinski definition) is 1. The fourth-order valence-corrected chi connectivity index (χ4v) is 5.06. The molecule has 1 saturated heterocycles. The molecule has 0 bridgehead atoms. The van der Waals surface area contributed by atoms with E-state index >= 15 is 0 Å². The van der Waals surface area contributed by atoms with E-state index in [1.165, 1.54) is 5.39 Å². The van der Waals surface area contributed by atoms with Crippen LogP contribution in [0.1, 0.15) is 36.4 Å². The van der Waals surface area contributed by atoms with Gasteiger partial charge in [-0.1, -0.05) is 48.5 Å². The van der Waals surface area contributed by atoms with E-state index in [-0.39, 0.29) is 30.3 Å². The minimum absolute atomic E-state index is 0.0771. The molecule has 35 heavy (non-hydrogen) atoms. The Kier molecular flexibility index (Phi) is 6.51. The Balaban J connectivity index is 1.43. The number of amides is 2. The van der Waals surface area contributed by atoms with Crippen molar-refractivity contribution in [3.8, 4) is 5.75 Å². The Morgan fingerprint density at radius 3 is 2.57 bits per heavy atom. The highest BCUT2D eigenvalue weighted by Gasteiger charge is 2.35. The lowest BCUT2D eigenvalue weighted by Crippen LogP contribution is -2.45. The molecule has 0 saturated carbocycles. The molecule has 0 unspecified atom stereocenters. The maximum Gasteiger partial charge on any atom is 0.257 e. The first-order valence-electron chi connectivity index (χ1n) is 12.1. The molecular weight excluding hydrogens is 440 g/mol. The summed E-state index contributed by atoms with van der Waals surface area (Å²) in [6, 6.07) is 22.1. The number of ether oxygens (including phenoxy) is 1. The molecule has 0 radical (unpaired) electrons. The standard InChI is InChI=1S/C28H30N4O3/c1-35-24-12-10-20(11-13-24)26-16-25(22-9-8-19-5-2-3-6-21(19)15-22)30-32(26)27(33)18-31-14-4-7-23(17-31)28(29)34/h2-3,5-6,8-13,15,23,26H,4,7,14,16-18H2,1H3,(H2,29,34)/t23-,26+/m1/s1. The summed E-state index contributed by atoms with van der Waals surface area (Å²) in [5.41, 5.74) is 8.45. The molecule has 2 heterocycles. The van der Waals surface area contributed by atoms with E-state index in [4.69, 9.17) is 15.6 Å². The second-order valence-corrected chi connectivity index (χ2v) is 9.32. The molecule has 0 aromatic heterocycles. The maximum atomic E-state index is 13.5. The van der Waals surface area contributed by atoms with Crippen molar-refractivity contribution in [3.05, 3.63) is 77.9 Å². The topological polar surface area (TPSA) is 88.2 Å². The number of rotatable bonds is 6. The largest absolute Gasteiger partial charge is 0.497 e. The molecule has 3 aromatic carbocycles. The van der Waals surface area contributed by atoms with Crippen LogP contribution in [0.4, 0.5) is 0 Å². The van der Waals surface area contributed by atoms with Crippen molar-refractivity contribution in [2.75, 3.05) is 26.7 Å². The molecule has 2 N–H and O–H groups in total. The normalized spacial score (nSPS) is 20.6. The van der Waals surface area contributed by atoms with E-state index in [0.29, 0.717) is 13.0 Å². The van der Waals surface area contributed by atoms with Gasteiger partial charge in [-0.15, -0.1) is 0 Å². The molecule has 1 fully saturated rings. The monoisotopic (exact) mass is 470 g/mol. The fourth-order valence-electron chi connectivity index (χ4n) is 5.06. The first-order valence-corrected chi connectivity index (χ1v) is 12.1. The third-order valence-corrected chi connectivity index (χ3v) is 7.02. The number of methoxy groups -OCH3 is 1. The van der Waals surface area contributed by atoms with Gasteiger partial charge in [0.25, 0.3) is 5.91 Å². The number of nitrogens with two attached hydrogens (primary N) is 1. The Labute approximate surface area is 205 Å². The summed E-state index contributed by atoms with van der Waals surface area (Å²) >= 11 is 0. The van der Waals surface area contributed by atoms with Crippen molar-refractivity contribution >= 4 is 28.3 Å². The van der Waals surface area contributed by atoms with Gasteiger partial charge < -0.3 is 10.5 Å². The first kappa shape index (κ1) is 23.1. The number of hydrogen-bond acceptors (Lipinski definition) is 5. The summed E-state index contributed by atoms with van der Waals surface area (Å²) in [5.74, 6) is 0.193. The lowest BCUT2D eigenvalue weighted by Gasteiger charge is -2.32. The smallest absolute Gasteiger partial charge is 0.257 e. The highest BCUT2D eigenvalue weighted by Crippen LogP contribution is 2.34. The van der Waals surface area contributed by atoms with E-state index in [9.17, 15) is 9.59 Å². The van der Waals surface area contributed by atoms with Gasteiger partial charge >= 0.3 is 0 Å². The molecular formula is C28H30N4O3. The predicted molar refractivity (Wildman–Crippen MR) is 136 cm³/mol. The summed E-state index contributed by atoms with van der Waals surface area (Å²) in [5, 5.41) is 8.77. The third-order valence-electron chi connectivity index (χ3n) is 7.02. The predicted octanol–water partition coefficient (Wildman–Crippen LogP) is 3.72. The summed E-state index contributed by atoms with van der Waals surface area (Å²) in [4.78, 5) is 27.2. The highest BCUT2D eigenvalue weighted by molar-refractivity contribution is 6.05.